The van der Waals surface area contributed by atoms with Crippen LogP contribution in [-0.2, 0) is 16.0 Å². The van der Waals surface area contributed by atoms with Crippen LogP contribution in [0.25, 0.3) is 0 Å². The lowest BCUT2D eigenvalue weighted by atomic mass is 10.1. The van der Waals surface area contributed by atoms with Gasteiger partial charge in [-0.05, 0) is 55.2 Å². The molecule has 2 aromatic rings. The van der Waals surface area contributed by atoms with Crippen molar-refractivity contribution in [1.29, 1.82) is 0 Å². The fourth-order valence-electron chi connectivity index (χ4n) is 2.99. The van der Waals surface area contributed by atoms with Gasteiger partial charge in [0.15, 0.2) is 0 Å². The molecule has 0 spiro atoms. The molecular weight excluding hydrogens is 319 g/mol. The Labute approximate surface area is 146 Å². The van der Waals surface area contributed by atoms with E-state index in [9.17, 15) is 14.0 Å². The van der Waals surface area contributed by atoms with Crippen molar-refractivity contribution in [2.75, 3.05) is 16.8 Å². The third-order valence-electron chi connectivity index (χ3n) is 4.62. The minimum absolute atomic E-state index is 0.214. The second kappa shape index (κ2) is 7.05. The molecule has 1 N–H and O–H groups in total. The molecule has 1 atom stereocenters. The molecule has 0 aromatic heterocycles. The summed E-state index contributed by atoms with van der Waals surface area (Å²) < 4.78 is 13.6. The van der Waals surface area contributed by atoms with Gasteiger partial charge < -0.3 is 10.2 Å². The smallest absolute Gasteiger partial charge is 0.239 e. The predicted molar refractivity (Wildman–Crippen MR) is 96.0 cm³/mol. The van der Waals surface area contributed by atoms with Crippen LogP contribution < -0.4 is 10.2 Å². The van der Waals surface area contributed by atoms with E-state index in [4.69, 9.17) is 0 Å². The normalized spacial score (nSPS) is 17.0. The lowest BCUT2D eigenvalue weighted by molar-refractivity contribution is -0.129. The van der Waals surface area contributed by atoms with Crippen LogP contribution in [0.15, 0.2) is 42.5 Å². The summed E-state index contributed by atoms with van der Waals surface area (Å²) >= 11 is 0. The standard InChI is InChI=1S/C20H21FN2O2/c1-3-14-5-8-16(9-6-14)23-11-10-17(20(23)25)19(24)22-15-7-4-13(2)18(21)12-15/h4-9,12,17H,3,10-11H2,1-2H3,(H,22,24)/t17-/m1/s1. The van der Waals surface area contributed by atoms with Crippen molar-refractivity contribution < 1.29 is 14.0 Å². The first-order valence-electron chi connectivity index (χ1n) is 8.47. The van der Waals surface area contributed by atoms with Crippen molar-refractivity contribution in [1.82, 2.24) is 0 Å². The zero-order chi connectivity index (χ0) is 18.0. The average molecular weight is 340 g/mol. The highest BCUT2D eigenvalue weighted by atomic mass is 19.1. The first-order valence-corrected chi connectivity index (χ1v) is 8.47. The third kappa shape index (κ3) is 3.55. The number of benzene rings is 2. The molecule has 4 nitrogen and oxygen atoms in total. The Morgan fingerprint density at radius 1 is 1.24 bits per heavy atom. The van der Waals surface area contributed by atoms with Gasteiger partial charge in [-0.3, -0.25) is 9.59 Å². The molecule has 0 aliphatic carbocycles. The highest BCUT2D eigenvalue weighted by Gasteiger charge is 2.37. The minimum atomic E-state index is -0.741. The second-order valence-electron chi connectivity index (χ2n) is 6.30. The van der Waals surface area contributed by atoms with Crippen LogP contribution in [-0.4, -0.2) is 18.4 Å². The van der Waals surface area contributed by atoms with Gasteiger partial charge in [0, 0.05) is 17.9 Å². The Hall–Kier alpha value is -2.69. The van der Waals surface area contributed by atoms with Gasteiger partial charge in [0.05, 0.1) is 0 Å². The van der Waals surface area contributed by atoms with E-state index in [-0.39, 0.29) is 17.6 Å². The van der Waals surface area contributed by atoms with Crippen LogP contribution >= 0.6 is 0 Å². The highest BCUT2D eigenvalue weighted by Crippen LogP contribution is 2.27. The molecule has 2 amide bonds. The first-order chi connectivity index (χ1) is 12.0. The molecule has 0 bridgehead atoms. The molecule has 0 saturated carbocycles. The fraction of sp³-hybridized carbons (Fsp3) is 0.300. The number of nitrogens with zero attached hydrogens (tertiary/aromatic N) is 1. The summed E-state index contributed by atoms with van der Waals surface area (Å²) in [6.07, 6.45) is 1.39. The molecule has 1 saturated heterocycles. The number of amides is 2. The molecule has 3 rings (SSSR count). The summed E-state index contributed by atoms with van der Waals surface area (Å²) in [6.45, 7) is 4.23. The van der Waals surface area contributed by atoms with E-state index in [1.54, 1.807) is 24.0 Å². The van der Waals surface area contributed by atoms with E-state index in [2.05, 4.69) is 12.2 Å². The van der Waals surface area contributed by atoms with E-state index in [0.29, 0.717) is 24.2 Å². The van der Waals surface area contributed by atoms with Crippen LogP contribution in [0.4, 0.5) is 15.8 Å². The SMILES string of the molecule is CCc1ccc(N2CC[C@H](C(=O)Nc3ccc(C)c(F)c3)C2=O)cc1. The van der Waals surface area contributed by atoms with Crippen molar-refractivity contribution in [3.63, 3.8) is 0 Å². The number of hydrogen-bond donors (Lipinski definition) is 1. The maximum Gasteiger partial charge on any atom is 0.239 e. The largest absolute Gasteiger partial charge is 0.325 e. The van der Waals surface area contributed by atoms with Gasteiger partial charge in [0.2, 0.25) is 11.8 Å². The molecule has 1 fully saturated rings. The molecular formula is C20H21FN2O2. The van der Waals surface area contributed by atoms with Gasteiger partial charge in [-0.1, -0.05) is 25.1 Å². The van der Waals surface area contributed by atoms with Crippen LogP contribution in [0, 0.1) is 18.7 Å². The molecule has 1 heterocycles. The van der Waals surface area contributed by atoms with Gasteiger partial charge in [-0.2, -0.15) is 0 Å². The Balaban J connectivity index is 1.70. The molecule has 5 heteroatoms. The molecule has 1 aliphatic heterocycles. The molecule has 2 aromatic carbocycles. The lowest BCUT2D eigenvalue weighted by Gasteiger charge is -2.17. The van der Waals surface area contributed by atoms with E-state index < -0.39 is 5.92 Å². The zero-order valence-electron chi connectivity index (χ0n) is 14.4. The summed E-state index contributed by atoms with van der Waals surface area (Å²) in [5.74, 6) is -1.72. The van der Waals surface area contributed by atoms with Crippen molar-refractivity contribution in [2.45, 2.75) is 26.7 Å². The number of carbonyl (C=O) groups is 2. The van der Waals surface area contributed by atoms with E-state index >= 15 is 0 Å². The van der Waals surface area contributed by atoms with Gasteiger partial charge >= 0.3 is 0 Å². The Morgan fingerprint density at radius 3 is 2.60 bits per heavy atom. The zero-order valence-corrected chi connectivity index (χ0v) is 14.4. The fourth-order valence-corrected chi connectivity index (χ4v) is 2.99. The Kier molecular flexibility index (Phi) is 4.83. The average Bonchev–Trinajstić information content (AvgIpc) is 3.00. The number of halogens is 1. The number of hydrogen-bond acceptors (Lipinski definition) is 2. The van der Waals surface area contributed by atoms with E-state index in [0.717, 1.165) is 12.1 Å². The van der Waals surface area contributed by atoms with Crippen LogP contribution in [0.3, 0.4) is 0 Å². The third-order valence-corrected chi connectivity index (χ3v) is 4.62. The van der Waals surface area contributed by atoms with Crippen molar-refractivity contribution in [3.05, 3.63) is 59.4 Å². The molecule has 0 radical (unpaired) electrons. The topological polar surface area (TPSA) is 49.4 Å². The number of carbonyl (C=O) groups excluding carboxylic acids is 2. The van der Waals surface area contributed by atoms with Crippen molar-refractivity contribution in [3.8, 4) is 0 Å². The Morgan fingerprint density at radius 2 is 1.96 bits per heavy atom. The van der Waals surface area contributed by atoms with E-state index in [1.807, 2.05) is 24.3 Å². The molecule has 25 heavy (non-hydrogen) atoms. The van der Waals surface area contributed by atoms with Gasteiger partial charge in [-0.25, -0.2) is 4.39 Å². The monoisotopic (exact) mass is 340 g/mol. The van der Waals surface area contributed by atoms with Crippen molar-refractivity contribution in [2.24, 2.45) is 5.92 Å². The maximum absolute atomic E-state index is 13.6. The van der Waals surface area contributed by atoms with Crippen LogP contribution in [0.5, 0.6) is 0 Å². The number of anilines is 2. The number of rotatable bonds is 4. The summed E-state index contributed by atoms with van der Waals surface area (Å²) in [7, 11) is 0. The van der Waals surface area contributed by atoms with Gasteiger partial charge in [0.25, 0.3) is 0 Å². The summed E-state index contributed by atoms with van der Waals surface area (Å²) in [6, 6.07) is 12.3. The van der Waals surface area contributed by atoms with Crippen LogP contribution in [0.2, 0.25) is 0 Å². The summed E-state index contributed by atoms with van der Waals surface area (Å²) in [4.78, 5) is 26.7. The predicted octanol–water partition coefficient (Wildman–Crippen LogP) is 3.69. The molecule has 1 aliphatic rings. The lowest BCUT2D eigenvalue weighted by Crippen LogP contribution is -2.33. The maximum atomic E-state index is 13.6. The quantitative estimate of drug-likeness (QED) is 0.863. The highest BCUT2D eigenvalue weighted by molar-refractivity contribution is 6.13. The van der Waals surface area contributed by atoms with E-state index in [1.165, 1.54) is 11.6 Å². The minimum Gasteiger partial charge on any atom is -0.325 e. The van der Waals surface area contributed by atoms with Gasteiger partial charge in [0.1, 0.15) is 11.7 Å². The number of aryl methyl sites for hydroxylation is 2. The van der Waals surface area contributed by atoms with Gasteiger partial charge in [-0.15, -0.1) is 0 Å². The first kappa shape index (κ1) is 17.1. The van der Waals surface area contributed by atoms with Crippen LogP contribution in [0.1, 0.15) is 24.5 Å². The number of nitrogens with one attached hydrogen (secondary N) is 1. The summed E-state index contributed by atoms with van der Waals surface area (Å²) in [5.41, 5.74) is 2.88. The molecule has 0 unspecified atom stereocenters. The molecule has 130 valence electrons. The second-order valence-corrected chi connectivity index (χ2v) is 6.30. The Bertz CT molecular complexity index is 802. The van der Waals surface area contributed by atoms with Crippen molar-refractivity contribution >= 4 is 23.2 Å². The summed E-state index contributed by atoms with van der Waals surface area (Å²) in [5, 5.41) is 2.65.